The molecular formula is C9H17IO. The molecule has 0 fully saturated rings. The molecule has 0 amide bonds. The molecule has 1 N–H and O–H groups in total. The van der Waals surface area contributed by atoms with Gasteiger partial charge in [0.2, 0.25) is 0 Å². The van der Waals surface area contributed by atoms with Gasteiger partial charge in [0, 0.05) is 0 Å². The van der Waals surface area contributed by atoms with Gasteiger partial charge in [-0.25, -0.2) is 0 Å². The van der Waals surface area contributed by atoms with Crippen LogP contribution >= 0.6 is 22.6 Å². The monoisotopic (exact) mass is 268 g/mol. The fraction of sp³-hybridized carbons (Fsp3) is 0.778. The Morgan fingerprint density at radius 2 is 2.09 bits per heavy atom. The minimum Gasteiger partial charge on any atom is -0.392 e. The summed E-state index contributed by atoms with van der Waals surface area (Å²) in [7, 11) is 0. The number of halogens is 1. The molecule has 0 aromatic rings. The molecule has 1 nitrogen and oxygen atoms in total. The second-order valence-electron chi connectivity index (χ2n) is 3.04. The van der Waals surface area contributed by atoms with E-state index in [-0.39, 0.29) is 12.0 Å². The van der Waals surface area contributed by atoms with Gasteiger partial charge in [0.15, 0.2) is 0 Å². The summed E-state index contributed by atoms with van der Waals surface area (Å²) in [5.74, 6) is 0.604. The molecule has 0 aromatic carbocycles. The van der Waals surface area contributed by atoms with Crippen molar-refractivity contribution in [2.24, 2.45) is 11.8 Å². The molecule has 0 radical (unpaired) electrons. The molecule has 0 saturated heterocycles. The molecule has 11 heavy (non-hydrogen) atoms. The van der Waals surface area contributed by atoms with Crippen molar-refractivity contribution < 1.29 is 5.11 Å². The Labute approximate surface area is 83.0 Å². The van der Waals surface area contributed by atoms with Crippen LogP contribution in [0, 0.1) is 11.8 Å². The Balaban J connectivity index is 3.79. The van der Waals surface area contributed by atoms with E-state index in [0.29, 0.717) is 5.92 Å². The van der Waals surface area contributed by atoms with Crippen LogP contribution in [0.2, 0.25) is 0 Å². The lowest BCUT2D eigenvalue weighted by molar-refractivity contribution is 0.0822. The lowest BCUT2D eigenvalue weighted by atomic mass is 9.92. The van der Waals surface area contributed by atoms with E-state index in [0.717, 1.165) is 10.8 Å². The molecule has 0 aliphatic heterocycles. The maximum atomic E-state index is 9.64. The first-order chi connectivity index (χ1) is 5.13. The molecule has 0 aliphatic carbocycles. The van der Waals surface area contributed by atoms with Crippen molar-refractivity contribution in [1.82, 2.24) is 0 Å². The zero-order chi connectivity index (χ0) is 8.85. The number of hydrogen-bond donors (Lipinski definition) is 1. The third-order valence-corrected chi connectivity index (χ3v) is 2.68. The first-order valence-electron chi connectivity index (χ1n) is 4.00. The summed E-state index contributed by atoms with van der Waals surface area (Å²) in [6.45, 7) is 7.75. The summed E-state index contributed by atoms with van der Waals surface area (Å²) < 4.78 is 1.11. The molecule has 0 heterocycles. The van der Waals surface area contributed by atoms with Crippen molar-refractivity contribution in [3.8, 4) is 0 Å². The van der Waals surface area contributed by atoms with Crippen molar-refractivity contribution >= 4 is 22.6 Å². The maximum absolute atomic E-state index is 9.64. The van der Waals surface area contributed by atoms with E-state index in [1.54, 1.807) is 0 Å². The zero-order valence-electron chi connectivity index (χ0n) is 7.26. The molecule has 0 spiro atoms. The van der Waals surface area contributed by atoms with Crippen molar-refractivity contribution in [2.75, 3.05) is 4.43 Å². The van der Waals surface area contributed by atoms with Crippen molar-refractivity contribution in [3.05, 3.63) is 12.7 Å². The Morgan fingerprint density at radius 1 is 1.55 bits per heavy atom. The predicted octanol–water partition coefficient (Wildman–Crippen LogP) is 2.63. The van der Waals surface area contributed by atoms with Gasteiger partial charge in [0.1, 0.15) is 0 Å². The van der Waals surface area contributed by atoms with E-state index >= 15 is 0 Å². The first kappa shape index (κ1) is 11.4. The van der Waals surface area contributed by atoms with Crippen LogP contribution in [0.3, 0.4) is 0 Å². The van der Waals surface area contributed by atoms with Crippen LogP contribution in [0.1, 0.15) is 20.3 Å². The summed E-state index contributed by atoms with van der Waals surface area (Å²) in [5, 5.41) is 9.64. The molecule has 0 rings (SSSR count). The van der Waals surface area contributed by atoms with Gasteiger partial charge in [-0.2, -0.15) is 0 Å². The normalized spacial score (nSPS) is 18.9. The molecule has 0 aromatic heterocycles. The second-order valence-corrected chi connectivity index (χ2v) is 4.12. The molecular weight excluding hydrogens is 251 g/mol. The van der Waals surface area contributed by atoms with Gasteiger partial charge in [-0.15, -0.1) is 6.58 Å². The third kappa shape index (κ3) is 4.11. The average molecular weight is 268 g/mol. The van der Waals surface area contributed by atoms with Crippen LogP contribution in [0.25, 0.3) is 0 Å². The van der Waals surface area contributed by atoms with Gasteiger partial charge >= 0.3 is 0 Å². The van der Waals surface area contributed by atoms with E-state index in [2.05, 4.69) is 36.1 Å². The number of hydrogen-bond acceptors (Lipinski definition) is 1. The van der Waals surface area contributed by atoms with Crippen molar-refractivity contribution in [2.45, 2.75) is 26.4 Å². The second kappa shape index (κ2) is 6.00. The Hall–Kier alpha value is 0.430. The molecule has 2 heteroatoms. The van der Waals surface area contributed by atoms with E-state index in [4.69, 9.17) is 0 Å². The molecule has 3 atom stereocenters. The fourth-order valence-corrected chi connectivity index (χ4v) is 1.98. The topological polar surface area (TPSA) is 20.2 Å². The van der Waals surface area contributed by atoms with Crippen LogP contribution in [-0.4, -0.2) is 15.6 Å². The van der Waals surface area contributed by atoms with Gasteiger partial charge in [-0.1, -0.05) is 42.5 Å². The maximum Gasteiger partial charge on any atom is 0.0625 e. The van der Waals surface area contributed by atoms with Gasteiger partial charge < -0.3 is 5.11 Å². The number of alkyl halides is 1. The highest BCUT2D eigenvalue weighted by atomic mass is 127. The Kier molecular flexibility index (Phi) is 6.24. The summed E-state index contributed by atoms with van der Waals surface area (Å²) in [5.41, 5.74) is 0. The first-order valence-corrected chi connectivity index (χ1v) is 5.52. The standard InChI is InChI=1S/C9H17IO/c1-4-7(2)9(11)8(3)5-6-10/h4,7-9,11H,1,5-6H2,2-3H3. The Bertz CT molecular complexity index is 114. The van der Waals surface area contributed by atoms with E-state index < -0.39 is 0 Å². The quantitative estimate of drug-likeness (QED) is 0.461. The van der Waals surface area contributed by atoms with Gasteiger partial charge in [0.25, 0.3) is 0 Å². The van der Waals surface area contributed by atoms with Gasteiger partial charge in [0.05, 0.1) is 6.10 Å². The molecule has 0 aliphatic rings. The summed E-state index contributed by atoms with van der Waals surface area (Å²) in [6.07, 6.45) is 2.68. The minimum absolute atomic E-state index is 0.216. The van der Waals surface area contributed by atoms with Crippen LogP contribution in [0.5, 0.6) is 0 Å². The summed E-state index contributed by atoms with van der Waals surface area (Å²) >= 11 is 2.33. The van der Waals surface area contributed by atoms with Crippen LogP contribution in [0.15, 0.2) is 12.7 Å². The van der Waals surface area contributed by atoms with E-state index in [1.807, 2.05) is 13.0 Å². The summed E-state index contributed by atoms with van der Waals surface area (Å²) in [4.78, 5) is 0. The van der Waals surface area contributed by atoms with Crippen LogP contribution < -0.4 is 0 Å². The molecule has 0 bridgehead atoms. The lowest BCUT2D eigenvalue weighted by Gasteiger charge is -2.21. The van der Waals surface area contributed by atoms with Crippen LogP contribution in [-0.2, 0) is 0 Å². The minimum atomic E-state index is -0.220. The van der Waals surface area contributed by atoms with Crippen molar-refractivity contribution in [1.29, 1.82) is 0 Å². The summed E-state index contributed by atoms with van der Waals surface area (Å²) in [6, 6.07) is 0. The highest BCUT2D eigenvalue weighted by molar-refractivity contribution is 14.1. The third-order valence-electron chi connectivity index (χ3n) is 2.06. The zero-order valence-corrected chi connectivity index (χ0v) is 9.41. The lowest BCUT2D eigenvalue weighted by Crippen LogP contribution is -2.24. The highest BCUT2D eigenvalue weighted by Gasteiger charge is 2.17. The average Bonchev–Trinajstić information content (AvgIpc) is 2.02. The Morgan fingerprint density at radius 3 is 2.45 bits per heavy atom. The predicted molar refractivity (Wildman–Crippen MR) is 58.0 cm³/mol. The smallest absolute Gasteiger partial charge is 0.0625 e. The van der Waals surface area contributed by atoms with Gasteiger partial charge in [-0.3, -0.25) is 0 Å². The highest BCUT2D eigenvalue weighted by Crippen LogP contribution is 2.17. The number of rotatable bonds is 5. The van der Waals surface area contributed by atoms with Crippen molar-refractivity contribution in [3.63, 3.8) is 0 Å². The largest absolute Gasteiger partial charge is 0.392 e. The van der Waals surface area contributed by atoms with E-state index in [9.17, 15) is 5.11 Å². The van der Waals surface area contributed by atoms with Crippen LogP contribution in [0.4, 0.5) is 0 Å². The molecule has 66 valence electrons. The van der Waals surface area contributed by atoms with Gasteiger partial charge in [-0.05, 0) is 22.7 Å². The van der Waals surface area contributed by atoms with E-state index in [1.165, 1.54) is 0 Å². The SMILES string of the molecule is C=CC(C)C(O)C(C)CCI. The number of aliphatic hydroxyl groups excluding tert-OH is 1. The molecule has 0 saturated carbocycles. The number of aliphatic hydroxyl groups is 1. The fourth-order valence-electron chi connectivity index (χ4n) is 1.00. The molecule has 3 unspecified atom stereocenters.